The molecule has 23 heavy (non-hydrogen) atoms. The Kier molecular flexibility index (Phi) is 6.11. The van der Waals surface area contributed by atoms with Crippen LogP contribution in [0.25, 0.3) is 11.8 Å². The number of allylic oxidation sites excluding steroid dienone is 2. The fourth-order valence-corrected chi connectivity index (χ4v) is 2.05. The van der Waals surface area contributed by atoms with Gasteiger partial charge >= 0.3 is 5.97 Å². The highest BCUT2D eigenvalue weighted by atomic mass is 35.5. The number of nitrogens with zero attached hydrogens (tertiary/aromatic N) is 3. The fourth-order valence-electron chi connectivity index (χ4n) is 1.93. The number of aromatic nitrogens is 3. The van der Waals surface area contributed by atoms with E-state index >= 15 is 0 Å². The van der Waals surface area contributed by atoms with Crippen molar-refractivity contribution in [2.45, 2.75) is 26.7 Å². The van der Waals surface area contributed by atoms with Crippen LogP contribution in [0.1, 0.15) is 32.3 Å². The maximum atomic E-state index is 11.4. The molecule has 6 heteroatoms. The minimum absolute atomic E-state index is 0.380. The van der Waals surface area contributed by atoms with Gasteiger partial charge in [-0.1, -0.05) is 37.1 Å². The van der Waals surface area contributed by atoms with Crippen LogP contribution in [0, 0.1) is 0 Å². The van der Waals surface area contributed by atoms with Gasteiger partial charge in [-0.2, -0.15) is 5.10 Å². The average Bonchev–Trinajstić information content (AvgIpc) is 3.05. The molecule has 0 atom stereocenters. The summed E-state index contributed by atoms with van der Waals surface area (Å²) in [4.78, 5) is 15.4. The van der Waals surface area contributed by atoms with E-state index in [1.54, 1.807) is 23.1 Å². The summed E-state index contributed by atoms with van der Waals surface area (Å²) in [7, 11) is 0. The molecule has 0 aliphatic heterocycles. The van der Waals surface area contributed by atoms with Crippen molar-refractivity contribution in [2.24, 2.45) is 0 Å². The molecule has 0 bridgehead atoms. The molecule has 0 saturated heterocycles. The van der Waals surface area contributed by atoms with Crippen molar-refractivity contribution in [3.05, 3.63) is 59.3 Å². The van der Waals surface area contributed by atoms with Gasteiger partial charge in [0.1, 0.15) is 18.4 Å². The molecule has 0 amide bonds. The molecule has 2 aromatic rings. The van der Waals surface area contributed by atoms with Gasteiger partial charge in [0, 0.05) is 11.9 Å². The van der Waals surface area contributed by atoms with Crippen molar-refractivity contribution < 1.29 is 9.53 Å². The van der Waals surface area contributed by atoms with E-state index in [1.165, 1.54) is 13.3 Å². The summed E-state index contributed by atoms with van der Waals surface area (Å²) in [5.74, 6) is 0.0780. The summed E-state index contributed by atoms with van der Waals surface area (Å²) >= 11 is 5.92. The zero-order valence-electron chi connectivity index (χ0n) is 13.1. The Labute approximate surface area is 140 Å². The topological polar surface area (TPSA) is 57.0 Å². The third kappa shape index (κ3) is 5.07. The van der Waals surface area contributed by atoms with Gasteiger partial charge in [-0.15, -0.1) is 0 Å². The molecule has 0 aliphatic carbocycles. The lowest BCUT2D eigenvalue weighted by Crippen LogP contribution is -2.07. The Bertz CT molecular complexity index is 704. The summed E-state index contributed by atoms with van der Waals surface area (Å²) in [6.45, 7) is 3.43. The third-order valence-corrected chi connectivity index (χ3v) is 3.22. The zero-order chi connectivity index (χ0) is 16.7. The standard InChI is InChI=1S/C17H18ClN3O2/c1-3-4-5-17(23-13(2)22)16(21-12-19-11-20-21)10-14-6-8-15(18)9-7-14/h5-12H,3-4H2,1-2H3. The minimum atomic E-state index is -0.380. The molecular weight excluding hydrogens is 314 g/mol. The van der Waals surface area contributed by atoms with Gasteiger partial charge in [0.2, 0.25) is 0 Å². The molecule has 0 N–H and O–H groups in total. The van der Waals surface area contributed by atoms with Crippen LogP contribution in [0.15, 0.2) is 48.8 Å². The second-order valence-electron chi connectivity index (χ2n) is 4.87. The van der Waals surface area contributed by atoms with Crippen molar-refractivity contribution in [3.8, 4) is 0 Å². The molecule has 0 spiro atoms. The Morgan fingerprint density at radius 2 is 2.09 bits per heavy atom. The number of benzene rings is 1. The van der Waals surface area contributed by atoms with Crippen LogP contribution >= 0.6 is 11.6 Å². The molecule has 1 heterocycles. The first-order chi connectivity index (χ1) is 11.1. The second kappa shape index (κ2) is 8.29. The number of rotatable bonds is 6. The smallest absolute Gasteiger partial charge is 0.308 e. The lowest BCUT2D eigenvalue weighted by Gasteiger charge is -2.12. The van der Waals surface area contributed by atoms with Gasteiger partial charge in [-0.25, -0.2) is 9.67 Å². The lowest BCUT2D eigenvalue weighted by molar-refractivity contribution is -0.136. The van der Waals surface area contributed by atoms with Crippen molar-refractivity contribution in [1.82, 2.24) is 14.8 Å². The summed E-state index contributed by atoms with van der Waals surface area (Å²) in [5, 5.41) is 4.80. The van der Waals surface area contributed by atoms with Gasteiger partial charge in [-0.05, 0) is 36.3 Å². The molecule has 2 rings (SSSR count). The number of hydrogen-bond acceptors (Lipinski definition) is 4. The first-order valence-corrected chi connectivity index (χ1v) is 7.69. The SMILES string of the molecule is CCCC=C(OC(C)=O)C(=Cc1ccc(Cl)cc1)n1cncn1. The minimum Gasteiger partial charge on any atom is -0.425 e. The molecule has 0 unspecified atom stereocenters. The fraction of sp³-hybridized carbons (Fsp3) is 0.235. The van der Waals surface area contributed by atoms with E-state index in [2.05, 4.69) is 17.0 Å². The van der Waals surface area contributed by atoms with Crippen LogP contribution in [0.2, 0.25) is 5.02 Å². The van der Waals surface area contributed by atoms with Crippen LogP contribution in [-0.4, -0.2) is 20.7 Å². The largest absolute Gasteiger partial charge is 0.425 e. The van der Waals surface area contributed by atoms with Crippen LogP contribution in [-0.2, 0) is 9.53 Å². The molecule has 1 aromatic carbocycles. The van der Waals surface area contributed by atoms with Crippen LogP contribution < -0.4 is 0 Å². The monoisotopic (exact) mass is 331 g/mol. The first kappa shape index (κ1) is 17.0. The summed E-state index contributed by atoms with van der Waals surface area (Å²) in [5.41, 5.74) is 1.54. The molecule has 1 aromatic heterocycles. The van der Waals surface area contributed by atoms with Crippen molar-refractivity contribution in [1.29, 1.82) is 0 Å². The molecule has 5 nitrogen and oxygen atoms in total. The number of hydrogen-bond donors (Lipinski definition) is 0. The van der Waals surface area contributed by atoms with E-state index in [0.29, 0.717) is 16.5 Å². The molecule has 0 saturated carbocycles. The van der Waals surface area contributed by atoms with Gasteiger partial charge < -0.3 is 4.74 Å². The van der Waals surface area contributed by atoms with Gasteiger partial charge in [0.15, 0.2) is 5.76 Å². The molecule has 0 fully saturated rings. The average molecular weight is 332 g/mol. The predicted molar refractivity (Wildman–Crippen MR) is 90.4 cm³/mol. The van der Waals surface area contributed by atoms with Crippen LogP contribution in [0.3, 0.4) is 0 Å². The molecular formula is C17H18ClN3O2. The van der Waals surface area contributed by atoms with Crippen molar-refractivity contribution in [2.75, 3.05) is 0 Å². The Hall–Kier alpha value is -2.40. The quantitative estimate of drug-likeness (QED) is 0.452. The van der Waals surface area contributed by atoms with E-state index in [4.69, 9.17) is 16.3 Å². The summed E-state index contributed by atoms with van der Waals surface area (Å²) in [6, 6.07) is 7.36. The van der Waals surface area contributed by atoms with Crippen LogP contribution in [0.5, 0.6) is 0 Å². The van der Waals surface area contributed by atoms with Crippen molar-refractivity contribution >= 4 is 29.3 Å². The first-order valence-electron chi connectivity index (χ1n) is 7.31. The Morgan fingerprint density at radius 1 is 1.35 bits per heavy atom. The highest BCUT2D eigenvalue weighted by Gasteiger charge is 2.12. The number of ether oxygens (including phenoxy) is 1. The normalized spacial score (nSPS) is 12.3. The maximum Gasteiger partial charge on any atom is 0.308 e. The molecule has 0 radical (unpaired) electrons. The molecule has 120 valence electrons. The molecule has 0 aliphatic rings. The maximum absolute atomic E-state index is 11.4. The van der Waals surface area contributed by atoms with Gasteiger partial charge in [-0.3, -0.25) is 4.79 Å². The number of carbonyl (C=O) groups excluding carboxylic acids is 1. The third-order valence-electron chi connectivity index (χ3n) is 2.96. The van der Waals surface area contributed by atoms with Crippen molar-refractivity contribution in [3.63, 3.8) is 0 Å². The van der Waals surface area contributed by atoms with E-state index in [9.17, 15) is 4.79 Å². The van der Waals surface area contributed by atoms with Gasteiger partial charge in [0.25, 0.3) is 0 Å². The predicted octanol–water partition coefficient (Wildman–Crippen LogP) is 4.18. The lowest BCUT2D eigenvalue weighted by atomic mass is 10.1. The number of halogens is 1. The number of carbonyl (C=O) groups is 1. The Balaban J connectivity index is 2.47. The van der Waals surface area contributed by atoms with E-state index in [1.807, 2.05) is 24.3 Å². The second-order valence-corrected chi connectivity index (χ2v) is 5.31. The zero-order valence-corrected chi connectivity index (χ0v) is 13.8. The highest BCUT2D eigenvalue weighted by molar-refractivity contribution is 6.30. The Morgan fingerprint density at radius 3 is 2.65 bits per heavy atom. The van der Waals surface area contributed by atoms with E-state index < -0.39 is 0 Å². The summed E-state index contributed by atoms with van der Waals surface area (Å²) in [6.07, 6.45) is 8.47. The number of esters is 1. The highest BCUT2D eigenvalue weighted by Crippen LogP contribution is 2.22. The van der Waals surface area contributed by atoms with Crippen LogP contribution in [0.4, 0.5) is 0 Å². The number of unbranched alkanes of at least 4 members (excludes halogenated alkanes) is 1. The summed E-state index contributed by atoms with van der Waals surface area (Å²) < 4.78 is 6.94. The van der Waals surface area contributed by atoms with Gasteiger partial charge in [0.05, 0.1) is 0 Å². The van der Waals surface area contributed by atoms with E-state index in [-0.39, 0.29) is 5.97 Å². The van der Waals surface area contributed by atoms with E-state index in [0.717, 1.165) is 18.4 Å².